The van der Waals surface area contributed by atoms with Crippen molar-refractivity contribution in [3.63, 3.8) is 0 Å². The SMILES string of the molecule is CCN(CC)C(=O)Cn1c(CCCl)nc2c(F)cccc21. The topological polar surface area (TPSA) is 38.1 Å². The zero-order chi connectivity index (χ0) is 15.4. The van der Waals surface area contributed by atoms with E-state index < -0.39 is 0 Å². The fourth-order valence-corrected chi connectivity index (χ4v) is 2.59. The van der Waals surface area contributed by atoms with E-state index in [2.05, 4.69) is 4.98 Å². The zero-order valence-electron chi connectivity index (χ0n) is 12.3. The van der Waals surface area contributed by atoms with E-state index in [9.17, 15) is 9.18 Å². The van der Waals surface area contributed by atoms with Crippen molar-refractivity contribution in [2.45, 2.75) is 26.8 Å². The third kappa shape index (κ3) is 3.18. The van der Waals surface area contributed by atoms with Crippen LogP contribution < -0.4 is 0 Å². The van der Waals surface area contributed by atoms with Crippen molar-refractivity contribution in [2.75, 3.05) is 19.0 Å². The van der Waals surface area contributed by atoms with Gasteiger partial charge in [0.05, 0.1) is 5.52 Å². The van der Waals surface area contributed by atoms with Crippen LogP contribution in [0.5, 0.6) is 0 Å². The number of para-hydroxylation sites is 1. The Balaban J connectivity index is 2.43. The maximum atomic E-state index is 13.8. The van der Waals surface area contributed by atoms with Gasteiger partial charge in [-0.1, -0.05) is 6.07 Å². The molecule has 2 rings (SSSR count). The second-order valence-electron chi connectivity index (χ2n) is 4.73. The summed E-state index contributed by atoms with van der Waals surface area (Å²) in [6, 6.07) is 4.78. The van der Waals surface area contributed by atoms with Gasteiger partial charge in [-0.2, -0.15) is 0 Å². The van der Waals surface area contributed by atoms with E-state index in [-0.39, 0.29) is 18.3 Å². The van der Waals surface area contributed by atoms with Crippen molar-refractivity contribution in [3.05, 3.63) is 29.8 Å². The summed E-state index contributed by atoms with van der Waals surface area (Å²) in [4.78, 5) is 18.4. The van der Waals surface area contributed by atoms with Crippen molar-refractivity contribution in [1.82, 2.24) is 14.5 Å². The van der Waals surface area contributed by atoms with E-state index in [1.807, 2.05) is 13.8 Å². The summed E-state index contributed by atoms with van der Waals surface area (Å²) in [5.74, 6) is 0.645. The van der Waals surface area contributed by atoms with Crippen LogP contribution in [0.1, 0.15) is 19.7 Å². The maximum Gasteiger partial charge on any atom is 0.242 e. The normalized spacial score (nSPS) is 11.0. The molecule has 0 spiro atoms. The number of alkyl halides is 1. The summed E-state index contributed by atoms with van der Waals surface area (Å²) < 4.78 is 15.6. The van der Waals surface area contributed by atoms with E-state index in [0.717, 1.165) is 0 Å². The summed E-state index contributed by atoms with van der Waals surface area (Å²) in [5.41, 5.74) is 0.931. The first-order chi connectivity index (χ1) is 10.1. The number of hydrogen-bond acceptors (Lipinski definition) is 2. The summed E-state index contributed by atoms with van der Waals surface area (Å²) in [6.45, 7) is 5.34. The van der Waals surface area contributed by atoms with Crippen LogP contribution in [0.3, 0.4) is 0 Å². The molecule has 0 saturated carbocycles. The molecule has 1 heterocycles. The Bertz CT molecular complexity index is 637. The molecule has 0 atom stereocenters. The van der Waals surface area contributed by atoms with Gasteiger partial charge in [-0.25, -0.2) is 9.37 Å². The molecule has 21 heavy (non-hydrogen) atoms. The number of fused-ring (bicyclic) bond motifs is 1. The van der Waals surface area contributed by atoms with E-state index >= 15 is 0 Å². The smallest absolute Gasteiger partial charge is 0.242 e. The molecular weight excluding hydrogens is 293 g/mol. The van der Waals surface area contributed by atoms with E-state index in [1.54, 1.807) is 21.6 Å². The monoisotopic (exact) mass is 311 g/mol. The quantitative estimate of drug-likeness (QED) is 0.769. The second kappa shape index (κ2) is 6.89. The largest absolute Gasteiger partial charge is 0.342 e. The molecule has 0 fully saturated rings. The lowest BCUT2D eigenvalue weighted by Crippen LogP contribution is -2.33. The summed E-state index contributed by atoms with van der Waals surface area (Å²) >= 11 is 5.79. The molecule has 0 N–H and O–H groups in total. The number of aryl methyl sites for hydroxylation is 1. The number of likely N-dealkylation sites (N-methyl/N-ethyl adjacent to an activating group) is 1. The summed E-state index contributed by atoms with van der Waals surface area (Å²) in [5, 5.41) is 0. The molecule has 1 aromatic heterocycles. The Morgan fingerprint density at radius 3 is 2.71 bits per heavy atom. The van der Waals surface area contributed by atoms with Gasteiger partial charge in [0.25, 0.3) is 0 Å². The van der Waals surface area contributed by atoms with Crippen LogP contribution in [0.4, 0.5) is 4.39 Å². The number of imidazole rings is 1. The van der Waals surface area contributed by atoms with Crippen LogP contribution in [-0.2, 0) is 17.8 Å². The number of nitrogens with zero attached hydrogens (tertiary/aromatic N) is 3. The Morgan fingerprint density at radius 2 is 2.10 bits per heavy atom. The predicted octanol–water partition coefficient (Wildman–Crippen LogP) is 2.83. The number of rotatable bonds is 6. The minimum Gasteiger partial charge on any atom is -0.342 e. The van der Waals surface area contributed by atoms with Crippen molar-refractivity contribution in [2.24, 2.45) is 0 Å². The number of halogens is 2. The first-order valence-electron chi connectivity index (χ1n) is 7.09. The fraction of sp³-hybridized carbons (Fsp3) is 0.467. The van der Waals surface area contributed by atoms with E-state index in [4.69, 9.17) is 11.6 Å². The molecule has 114 valence electrons. The highest BCUT2D eigenvalue weighted by molar-refractivity contribution is 6.17. The number of carbonyl (C=O) groups is 1. The lowest BCUT2D eigenvalue weighted by molar-refractivity contribution is -0.131. The van der Waals surface area contributed by atoms with Crippen molar-refractivity contribution < 1.29 is 9.18 Å². The maximum absolute atomic E-state index is 13.8. The molecule has 0 aliphatic carbocycles. The van der Waals surface area contributed by atoms with Crippen LogP contribution in [0.25, 0.3) is 11.0 Å². The van der Waals surface area contributed by atoms with Crippen molar-refractivity contribution in [1.29, 1.82) is 0 Å². The van der Waals surface area contributed by atoms with E-state index in [1.165, 1.54) is 6.07 Å². The lowest BCUT2D eigenvalue weighted by atomic mass is 10.3. The minimum atomic E-state index is -0.377. The molecule has 4 nitrogen and oxygen atoms in total. The number of carbonyl (C=O) groups excluding carboxylic acids is 1. The van der Waals surface area contributed by atoms with Gasteiger partial charge in [-0.3, -0.25) is 4.79 Å². The van der Waals surface area contributed by atoms with Crippen LogP contribution >= 0.6 is 11.6 Å². The van der Waals surface area contributed by atoms with Gasteiger partial charge in [0.1, 0.15) is 17.9 Å². The Hall–Kier alpha value is -1.62. The summed E-state index contributed by atoms with van der Waals surface area (Å²) in [7, 11) is 0. The van der Waals surface area contributed by atoms with Crippen molar-refractivity contribution in [3.8, 4) is 0 Å². The molecule has 0 bridgehead atoms. The van der Waals surface area contributed by atoms with Crippen LogP contribution in [-0.4, -0.2) is 39.3 Å². The molecule has 0 unspecified atom stereocenters. The third-order valence-corrected chi connectivity index (χ3v) is 3.73. The standard InChI is InChI=1S/C15H19ClFN3O/c1-3-19(4-2)14(21)10-20-12-7-5-6-11(17)15(12)18-13(20)8-9-16/h5-7H,3-4,8-10H2,1-2H3. The third-order valence-electron chi connectivity index (χ3n) is 3.54. The van der Waals surface area contributed by atoms with Gasteiger partial charge in [-0.15, -0.1) is 11.6 Å². The predicted molar refractivity (Wildman–Crippen MR) is 82.0 cm³/mol. The second-order valence-corrected chi connectivity index (χ2v) is 5.10. The van der Waals surface area contributed by atoms with Crippen LogP contribution in [0.2, 0.25) is 0 Å². The highest BCUT2D eigenvalue weighted by Crippen LogP contribution is 2.20. The van der Waals surface area contributed by atoms with Gasteiger partial charge in [0.15, 0.2) is 5.82 Å². The Morgan fingerprint density at radius 1 is 1.38 bits per heavy atom. The minimum absolute atomic E-state index is 0.000571. The lowest BCUT2D eigenvalue weighted by Gasteiger charge is -2.19. The molecule has 0 aliphatic rings. The van der Waals surface area contributed by atoms with Gasteiger partial charge in [0.2, 0.25) is 5.91 Å². The molecular formula is C15H19ClFN3O. The van der Waals surface area contributed by atoms with Gasteiger partial charge in [0, 0.05) is 25.4 Å². The molecule has 0 saturated heterocycles. The molecule has 0 aliphatic heterocycles. The van der Waals surface area contributed by atoms with Gasteiger partial charge in [-0.05, 0) is 26.0 Å². The first-order valence-corrected chi connectivity index (χ1v) is 7.63. The highest BCUT2D eigenvalue weighted by atomic mass is 35.5. The van der Waals surface area contributed by atoms with Gasteiger partial charge >= 0.3 is 0 Å². The molecule has 1 amide bonds. The molecule has 2 aromatic rings. The molecule has 1 aromatic carbocycles. The Labute approximate surface area is 128 Å². The van der Waals surface area contributed by atoms with E-state index in [0.29, 0.717) is 42.2 Å². The number of hydrogen-bond donors (Lipinski definition) is 0. The molecule has 6 heteroatoms. The highest BCUT2D eigenvalue weighted by Gasteiger charge is 2.17. The summed E-state index contributed by atoms with van der Waals surface area (Å²) in [6.07, 6.45) is 0.501. The molecule has 0 radical (unpaired) electrons. The first kappa shape index (κ1) is 15.8. The number of amides is 1. The van der Waals surface area contributed by atoms with Crippen molar-refractivity contribution >= 4 is 28.5 Å². The zero-order valence-corrected chi connectivity index (χ0v) is 13.0. The number of benzene rings is 1. The number of aromatic nitrogens is 2. The van der Waals surface area contributed by atoms with Crippen LogP contribution in [0, 0.1) is 5.82 Å². The van der Waals surface area contributed by atoms with Crippen LogP contribution in [0.15, 0.2) is 18.2 Å². The average Bonchev–Trinajstić information content (AvgIpc) is 2.81. The average molecular weight is 312 g/mol. The Kier molecular flexibility index (Phi) is 5.17. The van der Waals surface area contributed by atoms with Gasteiger partial charge < -0.3 is 9.47 Å². The fourth-order valence-electron chi connectivity index (χ4n) is 2.42.